The highest BCUT2D eigenvalue weighted by Crippen LogP contribution is 2.33. The molecular formula is C16H24N2O5S. The summed E-state index contributed by atoms with van der Waals surface area (Å²) in [6, 6.07) is 5.59. The molecule has 24 heavy (non-hydrogen) atoms. The zero-order chi connectivity index (χ0) is 17.8. The molecule has 1 fully saturated rings. The summed E-state index contributed by atoms with van der Waals surface area (Å²) in [7, 11) is -2.16. The van der Waals surface area contributed by atoms with Crippen LogP contribution in [0.15, 0.2) is 29.2 Å². The molecule has 1 heterocycles. The smallest absolute Gasteiger partial charge is 0.253 e. The van der Waals surface area contributed by atoms with Gasteiger partial charge in [-0.3, -0.25) is 4.79 Å². The number of aliphatic hydroxyl groups excluding tert-OH is 1. The SMILES string of the molecule is COCC[C@]1(CO)CCCN(C(=O)c2ccc(S(N)(=O)=O)cc2)C1. The molecule has 3 N–H and O–H groups in total. The van der Waals surface area contributed by atoms with Crippen molar-refractivity contribution in [3.05, 3.63) is 29.8 Å². The third-order valence-corrected chi connectivity index (χ3v) is 5.48. The van der Waals surface area contributed by atoms with Gasteiger partial charge in [-0.15, -0.1) is 0 Å². The first-order valence-corrected chi connectivity index (χ1v) is 9.38. The Morgan fingerprint density at radius 2 is 2.04 bits per heavy atom. The summed E-state index contributed by atoms with van der Waals surface area (Å²) in [5.74, 6) is -0.175. The Morgan fingerprint density at radius 1 is 1.38 bits per heavy atom. The van der Waals surface area contributed by atoms with E-state index in [9.17, 15) is 18.3 Å². The Morgan fingerprint density at radius 3 is 2.58 bits per heavy atom. The Bertz CT molecular complexity index is 674. The van der Waals surface area contributed by atoms with E-state index < -0.39 is 10.0 Å². The molecule has 1 amide bonds. The fourth-order valence-electron chi connectivity index (χ4n) is 3.08. The van der Waals surface area contributed by atoms with Gasteiger partial charge in [-0.05, 0) is 43.5 Å². The number of rotatable bonds is 6. The molecule has 134 valence electrons. The van der Waals surface area contributed by atoms with Crippen LogP contribution in [-0.2, 0) is 14.8 Å². The molecule has 1 atom stereocenters. The highest BCUT2D eigenvalue weighted by Gasteiger charge is 2.36. The maximum absolute atomic E-state index is 12.7. The standard InChI is InChI=1S/C16H24N2O5S/c1-23-10-8-16(12-19)7-2-9-18(11-16)15(20)13-3-5-14(6-4-13)24(17,21)22/h3-6,19H,2,7-12H2,1H3,(H2,17,21,22)/t16-/m1/s1. The van der Waals surface area contributed by atoms with Crippen LogP contribution in [0.25, 0.3) is 0 Å². The normalized spacial score (nSPS) is 21.7. The lowest BCUT2D eigenvalue weighted by Gasteiger charge is -2.41. The molecule has 0 aromatic heterocycles. The van der Waals surface area contributed by atoms with Gasteiger partial charge in [0.15, 0.2) is 0 Å². The van der Waals surface area contributed by atoms with Gasteiger partial charge < -0.3 is 14.7 Å². The van der Waals surface area contributed by atoms with Crippen LogP contribution in [0.5, 0.6) is 0 Å². The van der Waals surface area contributed by atoms with E-state index in [4.69, 9.17) is 9.88 Å². The van der Waals surface area contributed by atoms with E-state index in [0.29, 0.717) is 31.7 Å². The zero-order valence-electron chi connectivity index (χ0n) is 13.8. The quantitative estimate of drug-likeness (QED) is 0.775. The number of ether oxygens (including phenoxy) is 1. The van der Waals surface area contributed by atoms with Gasteiger partial charge in [0.2, 0.25) is 10.0 Å². The largest absolute Gasteiger partial charge is 0.396 e. The monoisotopic (exact) mass is 356 g/mol. The van der Waals surface area contributed by atoms with Crippen molar-refractivity contribution in [2.24, 2.45) is 10.6 Å². The van der Waals surface area contributed by atoms with Gasteiger partial charge in [-0.2, -0.15) is 0 Å². The second kappa shape index (κ2) is 7.60. The highest BCUT2D eigenvalue weighted by atomic mass is 32.2. The third-order valence-electron chi connectivity index (χ3n) is 4.55. The predicted molar refractivity (Wildman–Crippen MR) is 89.0 cm³/mol. The van der Waals surface area contributed by atoms with Crippen LogP contribution in [0.3, 0.4) is 0 Å². The fourth-order valence-corrected chi connectivity index (χ4v) is 3.60. The Balaban J connectivity index is 2.14. The number of carbonyl (C=O) groups is 1. The van der Waals surface area contributed by atoms with Gasteiger partial charge >= 0.3 is 0 Å². The lowest BCUT2D eigenvalue weighted by molar-refractivity contribution is 0.00898. The molecule has 2 rings (SSSR count). The minimum Gasteiger partial charge on any atom is -0.396 e. The van der Waals surface area contributed by atoms with Gasteiger partial charge in [-0.25, -0.2) is 13.6 Å². The number of primary sulfonamides is 1. The minimum atomic E-state index is -3.77. The molecule has 1 aromatic rings. The van der Waals surface area contributed by atoms with E-state index in [1.165, 1.54) is 24.3 Å². The number of aliphatic hydroxyl groups is 1. The summed E-state index contributed by atoms with van der Waals surface area (Å²) in [5.41, 5.74) is 0.0626. The Hall–Kier alpha value is -1.48. The molecule has 0 saturated carbocycles. The van der Waals surface area contributed by atoms with Crippen molar-refractivity contribution < 1.29 is 23.1 Å². The van der Waals surface area contributed by atoms with Gasteiger partial charge in [0.05, 0.1) is 11.5 Å². The lowest BCUT2D eigenvalue weighted by atomic mass is 9.78. The van der Waals surface area contributed by atoms with Crippen molar-refractivity contribution in [2.45, 2.75) is 24.2 Å². The number of nitrogens with two attached hydrogens (primary N) is 1. The fraction of sp³-hybridized carbons (Fsp3) is 0.562. The summed E-state index contributed by atoms with van der Waals surface area (Å²) >= 11 is 0. The van der Waals surface area contributed by atoms with E-state index in [1.54, 1.807) is 12.0 Å². The van der Waals surface area contributed by atoms with Crippen molar-refractivity contribution in [3.8, 4) is 0 Å². The first-order chi connectivity index (χ1) is 11.3. The molecular weight excluding hydrogens is 332 g/mol. The number of sulfonamides is 1. The molecule has 8 heteroatoms. The number of methoxy groups -OCH3 is 1. The number of hydrogen-bond donors (Lipinski definition) is 2. The molecule has 0 spiro atoms. The summed E-state index contributed by atoms with van der Waals surface area (Å²) in [5, 5.41) is 14.9. The van der Waals surface area contributed by atoms with E-state index in [0.717, 1.165) is 12.8 Å². The van der Waals surface area contributed by atoms with Crippen LogP contribution in [0.1, 0.15) is 29.6 Å². The minimum absolute atomic E-state index is 0.00446. The molecule has 0 radical (unpaired) electrons. The van der Waals surface area contributed by atoms with Crippen LogP contribution in [0.4, 0.5) is 0 Å². The average Bonchev–Trinajstić information content (AvgIpc) is 2.59. The second-order valence-electron chi connectivity index (χ2n) is 6.30. The first-order valence-electron chi connectivity index (χ1n) is 7.83. The number of carbonyl (C=O) groups excluding carboxylic acids is 1. The molecule has 0 unspecified atom stereocenters. The van der Waals surface area contributed by atoms with E-state index in [2.05, 4.69) is 0 Å². The first kappa shape index (κ1) is 18.9. The van der Waals surface area contributed by atoms with Crippen molar-refractivity contribution in [3.63, 3.8) is 0 Å². The van der Waals surface area contributed by atoms with Gasteiger partial charge in [-0.1, -0.05) is 0 Å². The van der Waals surface area contributed by atoms with Crippen LogP contribution in [0.2, 0.25) is 0 Å². The topological polar surface area (TPSA) is 110 Å². The predicted octanol–water partition coefficient (Wildman–Crippen LogP) is 0.585. The van der Waals surface area contributed by atoms with Crippen molar-refractivity contribution >= 4 is 15.9 Å². The van der Waals surface area contributed by atoms with Crippen LogP contribution >= 0.6 is 0 Å². The van der Waals surface area contributed by atoms with Gasteiger partial charge in [0, 0.05) is 37.8 Å². The third kappa shape index (κ3) is 4.32. The van der Waals surface area contributed by atoms with Gasteiger partial charge in [0.1, 0.15) is 0 Å². The summed E-state index contributed by atoms with van der Waals surface area (Å²) in [6.07, 6.45) is 2.35. The Kier molecular flexibility index (Phi) is 5.97. The maximum atomic E-state index is 12.7. The number of likely N-dealkylation sites (tertiary alicyclic amines) is 1. The number of hydrogen-bond acceptors (Lipinski definition) is 5. The molecule has 0 bridgehead atoms. The van der Waals surface area contributed by atoms with Crippen molar-refractivity contribution in [1.82, 2.24) is 4.90 Å². The van der Waals surface area contributed by atoms with Crippen LogP contribution in [-0.4, -0.2) is 57.7 Å². The number of nitrogens with zero attached hydrogens (tertiary/aromatic N) is 1. The van der Waals surface area contributed by atoms with Crippen molar-refractivity contribution in [2.75, 3.05) is 33.4 Å². The molecule has 0 aliphatic carbocycles. The zero-order valence-corrected chi connectivity index (χ0v) is 14.6. The summed E-state index contributed by atoms with van der Waals surface area (Å²) in [4.78, 5) is 14.4. The number of benzene rings is 1. The second-order valence-corrected chi connectivity index (χ2v) is 7.86. The summed E-state index contributed by atoms with van der Waals surface area (Å²) < 4.78 is 27.7. The number of piperidine rings is 1. The molecule has 1 aliphatic heterocycles. The lowest BCUT2D eigenvalue weighted by Crippen LogP contribution is -2.48. The van der Waals surface area contributed by atoms with E-state index in [-0.39, 0.29) is 22.8 Å². The Labute approximate surface area is 142 Å². The van der Waals surface area contributed by atoms with E-state index >= 15 is 0 Å². The van der Waals surface area contributed by atoms with Crippen LogP contribution < -0.4 is 5.14 Å². The number of amides is 1. The average molecular weight is 356 g/mol. The van der Waals surface area contributed by atoms with Crippen molar-refractivity contribution in [1.29, 1.82) is 0 Å². The van der Waals surface area contributed by atoms with Gasteiger partial charge in [0.25, 0.3) is 5.91 Å². The molecule has 1 saturated heterocycles. The molecule has 7 nitrogen and oxygen atoms in total. The van der Waals surface area contributed by atoms with Crippen LogP contribution in [0, 0.1) is 5.41 Å². The maximum Gasteiger partial charge on any atom is 0.253 e. The van der Waals surface area contributed by atoms with E-state index in [1.807, 2.05) is 0 Å². The molecule has 1 aromatic carbocycles. The molecule has 1 aliphatic rings. The summed E-state index contributed by atoms with van der Waals surface area (Å²) in [6.45, 7) is 1.61. The highest BCUT2D eigenvalue weighted by molar-refractivity contribution is 7.89.